The first kappa shape index (κ1) is 24.2. The predicted octanol–water partition coefficient (Wildman–Crippen LogP) is 4.75. The lowest BCUT2D eigenvalue weighted by molar-refractivity contribution is -0.122. The fourth-order valence-corrected chi connectivity index (χ4v) is 6.69. The molecular formula is C29H30F2N6O2. The Balaban J connectivity index is 1.10. The van der Waals surface area contributed by atoms with Crippen LogP contribution in [0.2, 0.25) is 0 Å². The molecule has 3 aliphatic heterocycles. The minimum Gasteiger partial charge on any atom is -0.329 e. The summed E-state index contributed by atoms with van der Waals surface area (Å²) in [4.78, 5) is 37.2. The number of anilines is 1. The van der Waals surface area contributed by atoms with Gasteiger partial charge < -0.3 is 20.1 Å². The van der Waals surface area contributed by atoms with Crippen molar-refractivity contribution in [2.24, 2.45) is 0 Å². The minimum absolute atomic E-state index is 0.0507. The normalized spacial score (nSPS) is 23.6. The second-order valence-corrected chi connectivity index (χ2v) is 11.3. The number of pyridine rings is 1. The first-order valence-electron chi connectivity index (χ1n) is 13.8. The number of urea groups is 1. The van der Waals surface area contributed by atoms with Gasteiger partial charge in [-0.15, -0.1) is 0 Å². The Morgan fingerprint density at radius 2 is 1.82 bits per heavy atom. The molecule has 1 spiro atoms. The number of hydrogen-bond acceptors (Lipinski definition) is 4. The maximum absolute atomic E-state index is 14.8. The van der Waals surface area contributed by atoms with E-state index in [0.29, 0.717) is 62.6 Å². The lowest BCUT2D eigenvalue weighted by atomic mass is 9.74. The van der Waals surface area contributed by atoms with Crippen LogP contribution in [-0.4, -0.2) is 44.5 Å². The summed E-state index contributed by atoms with van der Waals surface area (Å²) in [5.41, 5.74) is 1.73. The minimum atomic E-state index is -0.841. The molecule has 1 saturated carbocycles. The summed E-state index contributed by atoms with van der Waals surface area (Å²) in [6.07, 6.45) is 7.92. The zero-order valence-electron chi connectivity index (χ0n) is 21.5. The summed E-state index contributed by atoms with van der Waals surface area (Å²) < 4.78 is 31.0. The average molecular weight is 533 g/mol. The number of nitrogens with zero attached hydrogens (tertiary/aromatic N) is 4. The van der Waals surface area contributed by atoms with Crippen LogP contribution in [0.15, 0.2) is 42.7 Å². The van der Waals surface area contributed by atoms with E-state index in [1.807, 2.05) is 18.3 Å². The number of rotatable bonds is 3. The summed E-state index contributed by atoms with van der Waals surface area (Å²) in [5.74, 6) is -0.106. The topological polar surface area (TPSA) is 92.2 Å². The van der Waals surface area contributed by atoms with Crippen molar-refractivity contribution in [1.29, 1.82) is 0 Å². The van der Waals surface area contributed by atoms with Gasteiger partial charge in [0.1, 0.15) is 11.6 Å². The van der Waals surface area contributed by atoms with E-state index in [2.05, 4.69) is 20.2 Å². The average Bonchev–Trinajstić information content (AvgIpc) is 3.69. The van der Waals surface area contributed by atoms with Crippen molar-refractivity contribution in [1.82, 2.24) is 24.8 Å². The number of piperidine rings is 1. The van der Waals surface area contributed by atoms with Crippen LogP contribution in [0.4, 0.5) is 19.4 Å². The molecule has 7 rings (SSSR count). The van der Waals surface area contributed by atoms with Crippen LogP contribution in [0.5, 0.6) is 0 Å². The largest absolute Gasteiger partial charge is 0.329 e. The van der Waals surface area contributed by atoms with E-state index in [1.54, 1.807) is 23.2 Å². The standard InChI is InChI=1S/C29H30F2N6O2/c30-21-5-1-3-19(24(21)31)18-8-9-22(26-33-15-23(17-6-7-17)37(26)16-18)34-28(39)36-13-10-29(11-14-36)20-4-2-12-32-25(20)35-27(29)38/h1-5,12,15,17-18,22H,6-11,13-14,16H2,(H,34,39)(H,32,35,38)/t18-,22-/m1/s1. The zero-order valence-corrected chi connectivity index (χ0v) is 21.5. The molecule has 4 aliphatic rings. The third kappa shape index (κ3) is 3.99. The zero-order chi connectivity index (χ0) is 26.7. The van der Waals surface area contributed by atoms with Crippen molar-refractivity contribution >= 4 is 17.8 Å². The maximum Gasteiger partial charge on any atom is 0.317 e. The SMILES string of the molecule is O=C(N[C@@H]1CC[C@@H](c2cccc(F)c2F)Cn2c(C3CC3)cnc21)N1CCC2(CC1)C(=O)Nc1ncccc12. The number of nitrogens with one attached hydrogen (secondary N) is 2. The van der Waals surface area contributed by atoms with Crippen molar-refractivity contribution < 1.29 is 18.4 Å². The highest BCUT2D eigenvalue weighted by Crippen LogP contribution is 2.45. The van der Waals surface area contributed by atoms with Crippen LogP contribution in [0.25, 0.3) is 0 Å². The van der Waals surface area contributed by atoms with Gasteiger partial charge in [0.05, 0.1) is 11.5 Å². The molecule has 2 aromatic heterocycles. The van der Waals surface area contributed by atoms with E-state index in [0.717, 1.165) is 36.0 Å². The molecule has 0 unspecified atom stereocenters. The summed E-state index contributed by atoms with van der Waals surface area (Å²) in [5, 5.41) is 6.08. The van der Waals surface area contributed by atoms with Crippen LogP contribution < -0.4 is 10.6 Å². The van der Waals surface area contributed by atoms with E-state index in [4.69, 9.17) is 4.98 Å². The van der Waals surface area contributed by atoms with E-state index in [9.17, 15) is 18.4 Å². The van der Waals surface area contributed by atoms with Crippen LogP contribution >= 0.6 is 0 Å². The lowest BCUT2D eigenvalue weighted by Gasteiger charge is -2.38. The Kier molecular flexibility index (Phi) is 5.68. The number of fused-ring (bicyclic) bond motifs is 3. The fourth-order valence-electron chi connectivity index (χ4n) is 6.69. The molecular weight excluding hydrogens is 502 g/mol. The van der Waals surface area contributed by atoms with Gasteiger partial charge in [-0.2, -0.15) is 0 Å². The molecule has 0 radical (unpaired) electrons. The molecule has 3 aromatic rings. The summed E-state index contributed by atoms with van der Waals surface area (Å²) >= 11 is 0. The van der Waals surface area contributed by atoms with Crippen molar-refractivity contribution in [3.05, 3.63) is 77.0 Å². The summed E-state index contributed by atoms with van der Waals surface area (Å²) in [7, 11) is 0. The van der Waals surface area contributed by atoms with Crippen molar-refractivity contribution in [2.75, 3.05) is 18.4 Å². The van der Waals surface area contributed by atoms with Crippen LogP contribution in [-0.2, 0) is 16.8 Å². The Hall–Kier alpha value is -3.82. The van der Waals surface area contributed by atoms with Gasteiger partial charge in [0.25, 0.3) is 0 Å². The van der Waals surface area contributed by atoms with E-state index in [1.165, 1.54) is 0 Å². The highest BCUT2D eigenvalue weighted by molar-refractivity contribution is 6.05. The number of imidazole rings is 1. The first-order chi connectivity index (χ1) is 18.9. The molecule has 8 nitrogen and oxygen atoms in total. The molecule has 2 fully saturated rings. The quantitative estimate of drug-likeness (QED) is 0.510. The number of carbonyl (C=O) groups excluding carboxylic acids is 2. The molecule has 1 aliphatic carbocycles. The highest BCUT2D eigenvalue weighted by atomic mass is 19.2. The van der Waals surface area contributed by atoms with Crippen molar-refractivity contribution in [3.8, 4) is 0 Å². The number of benzene rings is 1. The van der Waals surface area contributed by atoms with Gasteiger partial charge in [0.2, 0.25) is 5.91 Å². The van der Waals surface area contributed by atoms with E-state index >= 15 is 0 Å². The maximum atomic E-state index is 14.8. The Morgan fingerprint density at radius 1 is 1.03 bits per heavy atom. The molecule has 2 N–H and O–H groups in total. The number of aromatic nitrogens is 3. The predicted molar refractivity (Wildman–Crippen MR) is 139 cm³/mol. The van der Waals surface area contributed by atoms with Gasteiger partial charge >= 0.3 is 6.03 Å². The molecule has 1 aromatic carbocycles. The van der Waals surface area contributed by atoms with Gasteiger partial charge in [-0.3, -0.25) is 4.79 Å². The number of carbonyl (C=O) groups is 2. The molecule has 10 heteroatoms. The molecule has 0 bridgehead atoms. The number of halogens is 2. The second-order valence-electron chi connectivity index (χ2n) is 11.3. The number of amides is 3. The molecule has 1 saturated heterocycles. The van der Waals surface area contributed by atoms with Gasteiger partial charge in [0, 0.05) is 55.1 Å². The summed E-state index contributed by atoms with van der Waals surface area (Å²) in [6.45, 7) is 1.39. The fraction of sp³-hybridized carbons (Fsp3) is 0.448. The van der Waals surface area contributed by atoms with Crippen LogP contribution in [0.3, 0.4) is 0 Å². The van der Waals surface area contributed by atoms with Gasteiger partial charge in [0.15, 0.2) is 11.6 Å². The van der Waals surface area contributed by atoms with Gasteiger partial charge in [-0.25, -0.2) is 23.5 Å². The molecule has 2 atom stereocenters. The monoisotopic (exact) mass is 532 g/mol. The van der Waals surface area contributed by atoms with Crippen molar-refractivity contribution in [3.63, 3.8) is 0 Å². The Labute approximate surface area is 224 Å². The van der Waals surface area contributed by atoms with Crippen LogP contribution in [0, 0.1) is 11.6 Å². The second kappa shape index (κ2) is 9.14. The van der Waals surface area contributed by atoms with Crippen LogP contribution in [0.1, 0.15) is 79.0 Å². The van der Waals surface area contributed by atoms with E-state index < -0.39 is 17.0 Å². The molecule has 3 amide bonds. The molecule has 5 heterocycles. The number of hydrogen-bond donors (Lipinski definition) is 2. The number of likely N-dealkylation sites (tertiary alicyclic amines) is 1. The van der Waals surface area contributed by atoms with Gasteiger partial charge in [-0.05, 0) is 56.2 Å². The molecule has 39 heavy (non-hydrogen) atoms. The highest BCUT2D eigenvalue weighted by Gasteiger charge is 2.49. The smallest absolute Gasteiger partial charge is 0.317 e. The molecule has 202 valence electrons. The first-order valence-corrected chi connectivity index (χ1v) is 13.8. The Bertz CT molecular complexity index is 1460. The third-order valence-corrected chi connectivity index (χ3v) is 9.04. The van der Waals surface area contributed by atoms with Gasteiger partial charge in [-0.1, -0.05) is 18.2 Å². The third-order valence-electron chi connectivity index (χ3n) is 9.04. The Morgan fingerprint density at radius 3 is 2.62 bits per heavy atom. The lowest BCUT2D eigenvalue weighted by Crippen LogP contribution is -2.51. The van der Waals surface area contributed by atoms with E-state index in [-0.39, 0.29) is 23.9 Å². The summed E-state index contributed by atoms with van der Waals surface area (Å²) in [6, 6.07) is 7.59. The van der Waals surface area contributed by atoms with Crippen molar-refractivity contribution in [2.45, 2.75) is 68.4 Å².